The zero-order valence-corrected chi connectivity index (χ0v) is 10.2. The number of nitrogens with one attached hydrogen (secondary N) is 1. The smallest absolute Gasteiger partial charge is 0.0700 e. The number of rotatable bonds is 10. The van der Waals surface area contributed by atoms with Crippen molar-refractivity contribution in [3.05, 3.63) is 0 Å². The molecule has 2 N–H and O–H groups in total. The van der Waals surface area contributed by atoms with Gasteiger partial charge in [-0.3, -0.25) is 0 Å². The summed E-state index contributed by atoms with van der Waals surface area (Å²) in [5, 5.41) is 12.5. The number of aliphatic hydroxyl groups is 1. The van der Waals surface area contributed by atoms with Crippen LogP contribution in [0.25, 0.3) is 0 Å². The highest BCUT2D eigenvalue weighted by atomic mass is 16.5. The molecule has 0 aromatic heterocycles. The molecule has 15 heavy (non-hydrogen) atoms. The van der Waals surface area contributed by atoms with Crippen LogP contribution in [0.2, 0.25) is 0 Å². The van der Waals surface area contributed by atoms with Gasteiger partial charge in [-0.05, 0) is 26.3 Å². The Labute approximate surface area is 93.0 Å². The second-order valence-electron chi connectivity index (χ2n) is 3.96. The van der Waals surface area contributed by atoms with Crippen LogP contribution in [0.4, 0.5) is 0 Å². The van der Waals surface area contributed by atoms with Crippen molar-refractivity contribution in [2.45, 2.75) is 32.2 Å². The van der Waals surface area contributed by atoms with Crippen molar-refractivity contribution in [2.24, 2.45) is 0 Å². The predicted octanol–water partition coefficient (Wildman–Crippen LogP) is 0.790. The van der Waals surface area contributed by atoms with Crippen molar-refractivity contribution >= 4 is 0 Å². The number of hydrogen-bond acceptors (Lipinski definition) is 4. The van der Waals surface area contributed by atoms with Gasteiger partial charge in [0.15, 0.2) is 0 Å². The van der Waals surface area contributed by atoms with E-state index >= 15 is 0 Å². The molecular formula is C11H25NO3. The first-order valence-electron chi connectivity index (χ1n) is 5.61. The van der Waals surface area contributed by atoms with Crippen LogP contribution in [0.1, 0.15) is 26.7 Å². The molecule has 0 bridgehead atoms. The number of ether oxygens (including phenoxy) is 2. The average molecular weight is 219 g/mol. The first kappa shape index (κ1) is 14.8. The lowest BCUT2D eigenvalue weighted by Gasteiger charge is -2.27. The summed E-state index contributed by atoms with van der Waals surface area (Å²) in [6.07, 6.45) is 1.88. The highest BCUT2D eigenvalue weighted by molar-refractivity contribution is 4.79. The van der Waals surface area contributed by atoms with Crippen LogP contribution in [0, 0.1) is 0 Å². The lowest BCUT2D eigenvalue weighted by molar-refractivity contribution is 0.0678. The zero-order chi connectivity index (χ0) is 11.6. The normalized spacial score (nSPS) is 15.2. The molecule has 0 rings (SSSR count). The van der Waals surface area contributed by atoms with Crippen molar-refractivity contribution in [3.63, 3.8) is 0 Å². The maximum Gasteiger partial charge on any atom is 0.0700 e. The summed E-state index contributed by atoms with van der Waals surface area (Å²) in [5.74, 6) is 0. The Kier molecular flexibility index (Phi) is 9.00. The van der Waals surface area contributed by atoms with Crippen molar-refractivity contribution in [2.75, 3.05) is 40.1 Å². The van der Waals surface area contributed by atoms with Crippen molar-refractivity contribution in [3.8, 4) is 0 Å². The quantitative estimate of drug-likeness (QED) is 0.533. The summed E-state index contributed by atoms with van der Waals surface area (Å²) in [6.45, 7) is 7.18. The third kappa shape index (κ3) is 7.73. The third-order valence-corrected chi connectivity index (χ3v) is 2.58. The molecule has 0 amide bonds. The monoisotopic (exact) mass is 219 g/mol. The third-order valence-electron chi connectivity index (χ3n) is 2.58. The summed E-state index contributed by atoms with van der Waals surface area (Å²) in [4.78, 5) is 0. The van der Waals surface area contributed by atoms with Crippen LogP contribution in [-0.4, -0.2) is 50.7 Å². The molecule has 0 radical (unpaired) electrons. The molecule has 0 heterocycles. The van der Waals surface area contributed by atoms with Crippen molar-refractivity contribution in [1.29, 1.82) is 0 Å². The first-order valence-corrected chi connectivity index (χ1v) is 5.61. The molecule has 0 aliphatic rings. The average Bonchev–Trinajstić information content (AvgIpc) is 2.27. The van der Waals surface area contributed by atoms with Gasteiger partial charge >= 0.3 is 0 Å². The van der Waals surface area contributed by atoms with Gasteiger partial charge in [-0.1, -0.05) is 6.92 Å². The van der Waals surface area contributed by atoms with E-state index in [0.29, 0.717) is 13.2 Å². The van der Waals surface area contributed by atoms with Gasteiger partial charge in [-0.15, -0.1) is 0 Å². The van der Waals surface area contributed by atoms with Crippen molar-refractivity contribution in [1.82, 2.24) is 5.32 Å². The SMILES string of the molecule is CCC(C)(CO)NCCCOCCOC. The minimum absolute atomic E-state index is 0.146. The second-order valence-corrected chi connectivity index (χ2v) is 3.96. The van der Waals surface area contributed by atoms with Gasteiger partial charge in [0.25, 0.3) is 0 Å². The highest BCUT2D eigenvalue weighted by Gasteiger charge is 2.18. The molecule has 1 unspecified atom stereocenters. The van der Waals surface area contributed by atoms with E-state index in [-0.39, 0.29) is 12.1 Å². The van der Waals surface area contributed by atoms with Crippen LogP contribution in [-0.2, 0) is 9.47 Å². The molecule has 0 fully saturated rings. The van der Waals surface area contributed by atoms with Gasteiger partial charge in [0.05, 0.1) is 19.8 Å². The maximum absolute atomic E-state index is 9.15. The van der Waals surface area contributed by atoms with E-state index in [1.807, 2.05) is 6.92 Å². The van der Waals surface area contributed by atoms with Crippen LogP contribution in [0.5, 0.6) is 0 Å². The summed E-state index contributed by atoms with van der Waals surface area (Å²) >= 11 is 0. The second kappa shape index (κ2) is 9.09. The maximum atomic E-state index is 9.15. The molecule has 0 aliphatic carbocycles. The van der Waals surface area contributed by atoms with Crippen LogP contribution in [0.3, 0.4) is 0 Å². The fourth-order valence-electron chi connectivity index (χ4n) is 1.10. The fraction of sp³-hybridized carbons (Fsp3) is 1.00. The van der Waals surface area contributed by atoms with E-state index in [0.717, 1.165) is 26.0 Å². The van der Waals surface area contributed by atoms with Gasteiger partial charge < -0.3 is 19.9 Å². The molecule has 0 aromatic rings. The summed E-state index contributed by atoms with van der Waals surface area (Å²) < 4.78 is 10.2. The Bertz CT molecular complexity index is 138. The summed E-state index contributed by atoms with van der Waals surface area (Å²) in [6, 6.07) is 0. The van der Waals surface area contributed by atoms with Crippen LogP contribution >= 0.6 is 0 Å². The molecule has 4 heteroatoms. The van der Waals surface area contributed by atoms with Gasteiger partial charge in [-0.25, -0.2) is 0 Å². The molecule has 4 nitrogen and oxygen atoms in total. The lowest BCUT2D eigenvalue weighted by Crippen LogP contribution is -2.45. The molecule has 0 saturated heterocycles. The largest absolute Gasteiger partial charge is 0.394 e. The Balaban J connectivity index is 3.29. The van der Waals surface area contributed by atoms with Gasteiger partial charge in [0, 0.05) is 19.3 Å². The van der Waals surface area contributed by atoms with E-state index < -0.39 is 0 Å². The molecule has 1 atom stereocenters. The molecular weight excluding hydrogens is 194 g/mol. The summed E-state index contributed by atoms with van der Waals surface area (Å²) in [7, 11) is 1.67. The minimum Gasteiger partial charge on any atom is -0.394 e. The van der Waals surface area contributed by atoms with Gasteiger partial charge in [-0.2, -0.15) is 0 Å². The van der Waals surface area contributed by atoms with Crippen molar-refractivity contribution < 1.29 is 14.6 Å². The predicted molar refractivity (Wildman–Crippen MR) is 61.1 cm³/mol. The van der Waals surface area contributed by atoms with Gasteiger partial charge in [0.1, 0.15) is 0 Å². The van der Waals surface area contributed by atoms with Crippen LogP contribution in [0.15, 0.2) is 0 Å². The Morgan fingerprint density at radius 3 is 2.53 bits per heavy atom. The number of methoxy groups -OCH3 is 1. The Morgan fingerprint density at radius 1 is 1.27 bits per heavy atom. The van der Waals surface area contributed by atoms with E-state index in [2.05, 4.69) is 12.2 Å². The number of aliphatic hydroxyl groups excluding tert-OH is 1. The van der Waals surface area contributed by atoms with E-state index in [1.165, 1.54) is 0 Å². The molecule has 0 saturated carbocycles. The zero-order valence-electron chi connectivity index (χ0n) is 10.2. The fourth-order valence-corrected chi connectivity index (χ4v) is 1.10. The lowest BCUT2D eigenvalue weighted by atomic mass is 10.0. The standard InChI is InChI=1S/C11H25NO3/c1-4-11(2,10-13)12-6-5-7-15-9-8-14-3/h12-13H,4-10H2,1-3H3. The van der Waals surface area contributed by atoms with Crippen LogP contribution < -0.4 is 5.32 Å². The highest BCUT2D eigenvalue weighted by Crippen LogP contribution is 2.06. The van der Waals surface area contributed by atoms with E-state index in [9.17, 15) is 0 Å². The molecule has 0 aliphatic heterocycles. The summed E-state index contributed by atoms with van der Waals surface area (Å²) in [5.41, 5.74) is -0.146. The van der Waals surface area contributed by atoms with E-state index in [4.69, 9.17) is 14.6 Å². The van der Waals surface area contributed by atoms with Gasteiger partial charge in [0.2, 0.25) is 0 Å². The molecule has 92 valence electrons. The Hall–Kier alpha value is -0.160. The molecule has 0 aromatic carbocycles. The molecule has 0 spiro atoms. The number of hydrogen-bond donors (Lipinski definition) is 2. The topological polar surface area (TPSA) is 50.7 Å². The van der Waals surface area contributed by atoms with E-state index in [1.54, 1.807) is 7.11 Å². The Morgan fingerprint density at radius 2 is 2.00 bits per heavy atom. The minimum atomic E-state index is -0.146. The first-order chi connectivity index (χ1) is 7.18.